The molecule has 3 unspecified atom stereocenters. The smallest absolute Gasteiger partial charge is 0.158 e. The molecular weight excluding hydrogens is 272 g/mol. The second kappa shape index (κ2) is 4.46. The number of hydrogen-bond donors (Lipinski definition) is 4. The Morgan fingerprint density at radius 1 is 1.37 bits per heavy atom. The topological polar surface area (TPSA) is 123 Å². The molecule has 3 heterocycles. The number of nitrogens with zero attached hydrogens (tertiary/aromatic N) is 3. The predicted molar refractivity (Wildman–Crippen MR) is 64.8 cm³/mol. The van der Waals surface area contributed by atoms with E-state index in [-0.39, 0.29) is 16.1 Å². The summed E-state index contributed by atoms with van der Waals surface area (Å²) in [5.74, 6) is 0.0610. The van der Waals surface area contributed by atoms with Gasteiger partial charge < -0.3 is 25.0 Å². The van der Waals surface area contributed by atoms with Crippen molar-refractivity contribution in [2.45, 2.75) is 18.3 Å². The van der Waals surface area contributed by atoms with Gasteiger partial charge in [0, 0.05) is 0 Å². The van der Waals surface area contributed by atoms with E-state index in [4.69, 9.17) is 22.1 Å². The fourth-order valence-electron chi connectivity index (χ4n) is 1.99. The number of H-pyrrole nitrogens is 1. The SMILES string of the molecule is OCC1OC(=C2N=Nc3c2[nH]cnc3=S)C(O)C1O. The summed E-state index contributed by atoms with van der Waals surface area (Å²) in [6.45, 7) is -0.411. The Morgan fingerprint density at radius 3 is 2.84 bits per heavy atom. The maximum absolute atomic E-state index is 9.91. The maximum Gasteiger partial charge on any atom is 0.158 e. The van der Waals surface area contributed by atoms with Gasteiger partial charge in [-0.3, -0.25) is 0 Å². The number of azo groups is 1. The largest absolute Gasteiger partial charge is 0.484 e. The summed E-state index contributed by atoms with van der Waals surface area (Å²) in [5, 5.41) is 36.4. The minimum Gasteiger partial charge on any atom is -0.484 e. The first kappa shape index (κ1) is 12.4. The van der Waals surface area contributed by atoms with Gasteiger partial charge in [0.25, 0.3) is 0 Å². The molecule has 8 nitrogen and oxygen atoms in total. The zero-order valence-corrected chi connectivity index (χ0v) is 10.3. The summed E-state index contributed by atoms with van der Waals surface area (Å²) < 4.78 is 5.59. The molecule has 3 atom stereocenters. The van der Waals surface area contributed by atoms with Crippen molar-refractivity contribution in [3.05, 3.63) is 22.4 Å². The molecule has 0 aliphatic carbocycles. The van der Waals surface area contributed by atoms with Crippen LogP contribution in [-0.2, 0) is 4.74 Å². The Balaban J connectivity index is 2.11. The Hall–Kier alpha value is -1.68. The van der Waals surface area contributed by atoms with Crippen LogP contribution in [0.3, 0.4) is 0 Å². The molecule has 1 saturated heterocycles. The second-order valence-corrected chi connectivity index (χ2v) is 4.51. The van der Waals surface area contributed by atoms with Crippen LogP contribution in [-0.4, -0.2) is 50.2 Å². The summed E-state index contributed by atoms with van der Waals surface area (Å²) in [4.78, 5) is 6.69. The molecule has 1 fully saturated rings. The first-order valence-corrected chi connectivity index (χ1v) is 5.92. The lowest BCUT2D eigenvalue weighted by Crippen LogP contribution is -2.31. The lowest BCUT2D eigenvalue weighted by Gasteiger charge is -2.09. The van der Waals surface area contributed by atoms with Crippen LogP contribution in [0, 0.1) is 4.64 Å². The molecule has 19 heavy (non-hydrogen) atoms. The highest BCUT2D eigenvalue weighted by atomic mass is 32.1. The van der Waals surface area contributed by atoms with E-state index in [1.807, 2.05) is 0 Å². The molecule has 2 aliphatic rings. The standard InChI is InChI=1S/C10H10N4O4S/c15-1-3-7(16)8(17)9(18-3)5-4-6(14-13-5)10(19)12-2-11-4/h2-3,7-8,15-17H,1H2,(H,11,12,19). The van der Waals surface area contributed by atoms with Gasteiger partial charge in [0.05, 0.1) is 12.9 Å². The Labute approximate surface area is 112 Å². The van der Waals surface area contributed by atoms with E-state index in [1.54, 1.807) is 0 Å². The number of nitrogens with one attached hydrogen (secondary N) is 1. The third-order valence-electron chi connectivity index (χ3n) is 2.98. The highest BCUT2D eigenvalue weighted by Gasteiger charge is 2.42. The van der Waals surface area contributed by atoms with Crippen molar-refractivity contribution >= 4 is 23.6 Å². The average molecular weight is 282 g/mol. The summed E-state index contributed by atoms with van der Waals surface area (Å²) in [5.41, 5.74) is 1.11. The molecule has 2 aliphatic heterocycles. The van der Waals surface area contributed by atoms with E-state index in [0.717, 1.165) is 0 Å². The van der Waals surface area contributed by atoms with Crippen molar-refractivity contribution < 1.29 is 20.1 Å². The number of fused-ring (bicyclic) bond motifs is 1. The van der Waals surface area contributed by atoms with E-state index in [2.05, 4.69) is 20.2 Å². The summed E-state index contributed by atoms with van der Waals surface area (Å²) in [6.07, 6.45) is -1.98. The number of aromatic nitrogens is 2. The minimum absolute atomic E-state index is 0.0610. The number of rotatable bonds is 1. The molecule has 0 saturated carbocycles. The minimum atomic E-state index is -1.27. The molecule has 3 rings (SSSR count). The van der Waals surface area contributed by atoms with Gasteiger partial charge in [0.2, 0.25) is 0 Å². The van der Waals surface area contributed by atoms with Crippen LogP contribution in [0.5, 0.6) is 0 Å². The van der Waals surface area contributed by atoms with Crippen LogP contribution in [0.2, 0.25) is 0 Å². The first-order chi connectivity index (χ1) is 9.13. The summed E-state index contributed by atoms with van der Waals surface area (Å²) >= 11 is 5.00. The molecule has 0 spiro atoms. The van der Waals surface area contributed by atoms with Gasteiger partial charge in [0.15, 0.2) is 22.2 Å². The first-order valence-electron chi connectivity index (χ1n) is 5.51. The van der Waals surface area contributed by atoms with Crippen molar-refractivity contribution in [2.75, 3.05) is 6.61 Å². The van der Waals surface area contributed by atoms with Gasteiger partial charge in [0.1, 0.15) is 23.6 Å². The van der Waals surface area contributed by atoms with Gasteiger partial charge in [-0.2, -0.15) is 0 Å². The fraction of sp³-hybridized carbons (Fsp3) is 0.400. The predicted octanol–water partition coefficient (Wildman–Crippen LogP) is 0.0180. The molecule has 0 radical (unpaired) electrons. The monoisotopic (exact) mass is 282 g/mol. The Kier molecular flexibility index (Phi) is 2.90. The third-order valence-corrected chi connectivity index (χ3v) is 3.28. The maximum atomic E-state index is 9.91. The van der Waals surface area contributed by atoms with Crippen LogP contribution in [0.25, 0.3) is 5.70 Å². The summed E-state index contributed by atoms with van der Waals surface area (Å²) in [7, 11) is 0. The van der Waals surface area contributed by atoms with Crippen LogP contribution in [0.1, 0.15) is 5.69 Å². The molecule has 0 bridgehead atoms. The van der Waals surface area contributed by atoms with Crippen LogP contribution in [0.4, 0.5) is 5.69 Å². The van der Waals surface area contributed by atoms with E-state index in [1.165, 1.54) is 6.33 Å². The second-order valence-electron chi connectivity index (χ2n) is 4.12. The fourth-order valence-corrected chi connectivity index (χ4v) is 2.19. The molecular formula is C10H10N4O4S. The molecule has 0 amide bonds. The molecule has 1 aromatic rings. The third kappa shape index (κ3) is 1.78. The Bertz CT molecular complexity index is 641. The normalized spacial score (nSPS) is 32.5. The van der Waals surface area contributed by atoms with Crippen molar-refractivity contribution in [1.82, 2.24) is 9.97 Å². The number of aromatic amines is 1. The van der Waals surface area contributed by atoms with Gasteiger partial charge in [-0.15, -0.1) is 10.2 Å². The van der Waals surface area contributed by atoms with E-state index in [9.17, 15) is 10.2 Å². The van der Waals surface area contributed by atoms with Crippen molar-refractivity contribution in [3.63, 3.8) is 0 Å². The van der Waals surface area contributed by atoms with E-state index in [0.29, 0.717) is 11.4 Å². The van der Waals surface area contributed by atoms with Crippen molar-refractivity contribution in [3.8, 4) is 0 Å². The molecule has 4 N–H and O–H groups in total. The highest BCUT2D eigenvalue weighted by molar-refractivity contribution is 7.71. The van der Waals surface area contributed by atoms with Gasteiger partial charge in [-0.05, 0) is 0 Å². The molecule has 1 aromatic heterocycles. The van der Waals surface area contributed by atoms with Gasteiger partial charge in [-0.25, -0.2) is 4.98 Å². The van der Waals surface area contributed by atoms with Crippen LogP contribution >= 0.6 is 12.2 Å². The van der Waals surface area contributed by atoms with Gasteiger partial charge in [-0.1, -0.05) is 12.2 Å². The van der Waals surface area contributed by atoms with Crippen molar-refractivity contribution in [1.29, 1.82) is 0 Å². The Morgan fingerprint density at radius 2 is 2.16 bits per heavy atom. The van der Waals surface area contributed by atoms with Crippen LogP contribution < -0.4 is 0 Å². The lowest BCUT2D eigenvalue weighted by atomic mass is 10.1. The lowest BCUT2D eigenvalue weighted by molar-refractivity contribution is -0.00283. The molecule has 100 valence electrons. The van der Waals surface area contributed by atoms with E-state index >= 15 is 0 Å². The van der Waals surface area contributed by atoms with Gasteiger partial charge >= 0.3 is 0 Å². The number of aliphatic hydroxyl groups is 3. The highest BCUT2D eigenvalue weighted by Crippen LogP contribution is 2.39. The number of aliphatic hydroxyl groups excluding tert-OH is 3. The zero-order chi connectivity index (χ0) is 13.6. The van der Waals surface area contributed by atoms with Crippen molar-refractivity contribution in [2.24, 2.45) is 10.2 Å². The quantitative estimate of drug-likeness (QED) is 0.538. The zero-order valence-electron chi connectivity index (χ0n) is 9.52. The number of hydrogen-bond acceptors (Lipinski definition) is 8. The average Bonchev–Trinajstić information content (AvgIpc) is 2.94. The van der Waals surface area contributed by atoms with Crippen LogP contribution in [0.15, 0.2) is 22.3 Å². The molecule has 9 heteroatoms. The summed E-state index contributed by atoms with van der Waals surface area (Å²) in [6, 6.07) is 0. The number of ether oxygens (including phenoxy) is 1. The van der Waals surface area contributed by atoms with E-state index < -0.39 is 24.9 Å². The molecule has 0 aromatic carbocycles.